The molecule has 1 aromatic carbocycles. The Morgan fingerprint density at radius 1 is 1.13 bits per heavy atom. The van der Waals surface area contributed by atoms with E-state index >= 15 is 0 Å². The van der Waals surface area contributed by atoms with Crippen molar-refractivity contribution in [2.45, 2.75) is 13.0 Å². The third kappa shape index (κ3) is 5.79. The Bertz CT molecular complexity index is 588. The van der Waals surface area contributed by atoms with Gasteiger partial charge >= 0.3 is 0 Å². The van der Waals surface area contributed by atoms with Crippen LogP contribution in [0.3, 0.4) is 0 Å². The first-order valence-electron chi connectivity index (χ1n) is 7.78. The molecule has 0 fully saturated rings. The fourth-order valence-electron chi connectivity index (χ4n) is 2.17. The zero-order valence-electron chi connectivity index (χ0n) is 14.1. The minimum atomic E-state index is 0.672. The van der Waals surface area contributed by atoms with E-state index in [0.29, 0.717) is 13.2 Å². The van der Waals surface area contributed by atoms with E-state index < -0.39 is 0 Å². The van der Waals surface area contributed by atoms with E-state index in [0.717, 1.165) is 35.8 Å². The summed E-state index contributed by atoms with van der Waals surface area (Å²) in [5, 5.41) is 3.29. The van der Waals surface area contributed by atoms with Crippen molar-refractivity contribution < 1.29 is 9.47 Å². The second-order valence-corrected chi connectivity index (χ2v) is 5.56. The number of anilines is 1. The summed E-state index contributed by atoms with van der Waals surface area (Å²) in [5.74, 6) is 2.40. The maximum atomic E-state index is 5.88. The van der Waals surface area contributed by atoms with Crippen LogP contribution in [-0.4, -0.2) is 44.2 Å². The van der Waals surface area contributed by atoms with Crippen molar-refractivity contribution in [2.75, 3.05) is 39.7 Å². The Kier molecular flexibility index (Phi) is 6.69. The van der Waals surface area contributed by atoms with Crippen LogP contribution in [-0.2, 0) is 6.54 Å². The maximum Gasteiger partial charge on any atom is 0.161 e. The molecule has 0 atom stereocenters. The first-order chi connectivity index (χ1) is 11.2. The SMILES string of the molecule is COc1ccc(CNc2ccccn2)cc1OCCCN(C)C. The molecule has 0 aliphatic rings. The van der Waals surface area contributed by atoms with E-state index in [-0.39, 0.29) is 0 Å². The Morgan fingerprint density at radius 2 is 2.00 bits per heavy atom. The number of pyridine rings is 1. The number of hydrogen-bond acceptors (Lipinski definition) is 5. The van der Waals surface area contributed by atoms with E-state index in [9.17, 15) is 0 Å². The van der Waals surface area contributed by atoms with Crippen LogP contribution < -0.4 is 14.8 Å². The van der Waals surface area contributed by atoms with Gasteiger partial charge in [0.15, 0.2) is 11.5 Å². The molecule has 0 unspecified atom stereocenters. The predicted octanol–water partition coefficient (Wildman–Crippen LogP) is 3.03. The Labute approximate surface area is 138 Å². The van der Waals surface area contributed by atoms with Gasteiger partial charge in [0.1, 0.15) is 5.82 Å². The van der Waals surface area contributed by atoms with Crippen LogP contribution in [0.2, 0.25) is 0 Å². The lowest BCUT2D eigenvalue weighted by molar-refractivity contribution is 0.268. The van der Waals surface area contributed by atoms with Crippen molar-refractivity contribution in [2.24, 2.45) is 0 Å². The zero-order valence-corrected chi connectivity index (χ0v) is 14.1. The molecule has 1 heterocycles. The number of nitrogens with zero attached hydrogens (tertiary/aromatic N) is 2. The molecule has 2 rings (SSSR count). The monoisotopic (exact) mass is 315 g/mol. The Balaban J connectivity index is 1.94. The van der Waals surface area contributed by atoms with E-state index in [4.69, 9.17) is 9.47 Å². The number of methoxy groups -OCH3 is 1. The van der Waals surface area contributed by atoms with Gasteiger partial charge in [0.2, 0.25) is 0 Å². The summed E-state index contributed by atoms with van der Waals surface area (Å²) in [6, 6.07) is 11.8. The first-order valence-corrected chi connectivity index (χ1v) is 7.78. The highest BCUT2D eigenvalue weighted by Gasteiger charge is 2.06. The van der Waals surface area contributed by atoms with Crippen molar-refractivity contribution in [1.82, 2.24) is 9.88 Å². The van der Waals surface area contributed by atoms with Gasteiger partial charge in [-0.3, -0.25) is 0 Å². The molecule has 1 N–H and O–H groups in total. The summed E-state index contributed by atoms with van der Waals surface area (Å²) in [5.41, 5.74) is 1.12. The van der Waals surface area contributed by atoms with Crippen molar-refractivity contribution in [1.29, 1.82) is 0 Å². The van der Waals surface area contributed by atoms with Crippen LogP contribution in [0, 0.1) is 0 Å². The largest absolute Gasteiger partial charge is 0.493 e. The molecule has 0 aliphatic carbocycles. The maximum absolute atomic E-state index is 5.88. The normalized spacial score (nSPS) is 10.6. The minimum absolute atomic E-state index is 0.672. The lowest BCUT2D eigenvalue weighted by Gasteiger charge is -2.14. The van der Waals surface area contributed by atoms with E-state index in [1.54, 1.807) is 13.3 Å². The summed E-state index contributed by atoms with van der Waals surface area (Å²) in [7, 11) is 5.78. The van der Waals surface area contributed by atoms with Crippen LogP contribution in [0.15, 0.2) is 42.6 Å². The van der Waals surface area contributed by atoms with Crippen molar-refractivity contribution in [3.8, 4) is 11.5 Å². The van der Waals surface area contributed by atoms with Crippen LogP contribution in [0.1, 0.15) is 12.0 Å². The molecule has 5 nitrogen and oxygen atoms in total. The van der Waals surface area contributed by atoms with Crippen LogP contribution >= 0.6 is 0 Å². The molecule has 0 saturated carbocycles. The molecule has 0 saturated heterocycles. The second-order valence-electron chi connectivity index (χ2n) is 5.56. The number of hydrogen-bond donors (Lipinski definition) is 1. The lowest BCUT2D eigenvalue weighted by atomic mass is 10.2. The second kappa shape index (κ2) is 9.00. The number of ether oxygens (including phenoxy) is 2. The first kappa shape index (κ1) is 17.1. The summed E-state index contributed by atoms with van der Waals surface area (Å²) in [4.78, 5) is 6.40. The van der Waals surface area contributed by atoms with Gasteiger partial charge in [0, 0.05) is 19.3 Å². The van der Waals surface area contributed by atoms with Crippen molar-refractivity contribution in [3.05, 3.63) is 48.2 Å². The fraction of sp³-hybridized carbons (Fsp3) is 0.389. The zero-order chi connectivity index (χ0) is 16.5. The molecular formula is C18H25N3O2. The highest BCUT2D eigenvalue weighted by molar-refractivity contribution is 5.44. The van der Waals surface area contributed by atoms with Gasteiger partial charge in [-0.1, -0.05) is 12.1 Å². The topological polar surface area (TPSA) is 46.6 Å². The van der Waals surface area contributed by atoms with Crippen LogP contribution in [0.25, 0.3) is 0 Å². The van der Waals surface area contributed by atoms with Crippen molar-refractivity contribution >= 4 is 5.82 Å². The quantitative estimate of drug-likeness (QED) is 0.721. The summed E-state index contributed by atoms with van der Waals surface area (Å²) in [6.45, 7) is 2.37. The average molecular weight is 315 g/mol. The molecule has 5 heteroatoms. The summed E-state index contributed by atoms with van der Waals surface area (Å²) < 4.78 is 11.2. The van der Waals surface area contributed by atoms with E-state index in [1.807, 2.05) is 36.4 Å². The van der Waals surface area contributed by atoms with E-state index in [1.165, 1.54) is 0 Å². The number of aromatic nitrogens is 1. The molecule has 0 amide bonds. The molecule has 0 radical (unpaired) electrons. The number of nitrogens with one attached hydrogen (secondary N) is 1. The van der Waals surface area contributed by atoms with Gasteiger partial charge in [-0.25, -0.2) is 4.98 Å². The highest BCUT2D eigenvalue weighted by atomic mass is 16.5. The summed E-state index contributed by atoms with van der Waals surface area (Å²) >= 11 is 0. The van der Waals surface area contributed by atoms with Crippen LogP contribution in [0.4, 0.5) is 5.82 Å². The predicted molar refractivity (Wildman–Crippen MR) is 93.2 cm³/mol. The average Bonchev–Trinajstić information content (AvgIpc) is 2.58. The van der Waals surface area contributed by atoms with Crippen molar-refractivity contribution in [3.63, 3.8) is 0 Å². The smallest absolute Gasteiger partial charge is 0.161 e. The number of rotatable bonds is 9. The van der Waals surface area contributed by atoms with Gasteiger partial charge in [-0.2, -0.15) is 0 Å². The highest BCUT2D eigenvalue weighted by Crippen LogP contribution is 2.28. The third-order valence-electron chi connectivity index (χ3n) is 3.37. The van der Waals surface area contributed by atoms with Gasteiger partial charge in [-0.15, -0.1) is 0 Å². The standard InChI is InChI=1S/C18H25N3O2/c1-21(2)11-6-12-23-17-13-15(8-9-16(17)22-3)14-20-18-7-4-5-10-19-18/h4-5,7-10,13H,6,11-12,14H2,1-3H3,(H,19,20). The lowest BCUT2D eigenvalue weighted by Crippen LogP contribution is -2.15. The van der Waals surface area contributed by atoms with E-state index in [2.05, 4.69) is 29.3 Å². The molecular weight excluding hydrogens is 290 g/mol. The summed E-state index contributed by atoms with van der Waals surface area (Å²) in [6.07, 6.45) is 2.75. The minimum Gasteiger partial charge on any atom is -0.493 e. The molecule has 2 aromatic rings. The van der Waals surface area contributed by atoms with Gasteiger partial charge in [0.25, 0.3) is 0 Å². The number of benzene rings is 1. The molecule has 1 aromatic heterocycles. The third-order valence-corrected chi connectivity index (χ3v) is 3.37. The van der Waals surface area contributed by atoms with Gasteiger partial charge in [-0.05, 0) is 50.3 Å². The Morgan fingerprint density at radius 3 is 2.70 bits per heavy atom. The molecule has 23 heavy (non-hydrogen) atoms. The van der Waals surface area contributed by atoms with Gasteiger partial charge < -0.3 is 19.7 Å². The molecule has 124 valence electrons. The molecule has 0 aliphatic heterocycles. The molecule has 0 spiro atoms. The van der Waals surface area contributed by atoms with Gasteiger partial charge in [0.05, 0.1) is 13.7 Å². The Hall–Kier alpha value is -2.27. The van der Waals surface area contributed by atoms with Crippen LogP contribution in [0.5, 0.6) is 11.5 Å². The molecule has 0 bridgehead atoms. The fourth-order valence-corrected chi connectivity index (χ4v) is 2.17.